The second-order valence-electron chi connectivity index (χ2n) is 8.25. The molecule has 2 amide bonds. The minimum atomic E-state index is -0.742. The van der Waals surface area contributed by atoms with Crippen LogP contribution in [-0.2, 0) is 22.6 Å². The molecule has 0 saturated heterocycles. The molecule has 3 rings (SSSR count). The van der Waals surface area contributed by atoms with E-state index in [1.807, 2.05) is 68.4 Å². The van der Waals surface area contributed by atoms with E-state index in [0.29, 0.717) is 18.7 Å². The maximum absolute atomic E-state index is 13.5. The van der Waals surface area contributed by atoms with Crippen LogP contribution in [0.1, 0.15) is 30.0 Å². The first-order valence-corrected chi connectivity index (χ1v) is 11.5. The van der Waals surface area contributed by atoms with Crippen molar-refractivity contribution < 1.29 is 18.7 Å². The monoisotopic (exact) mass is 462 g/mol. The van der Waals surface area contributed by atoms with Gasteiger partial charge in [0.25, 0.3) is 5.91 Å². The van der Waals surface area contributed by atoms with Gasteiger partial charge in [0.1, 0.15) is 17.6 Å². The van der Waals surface area contributed by atoms with Crippen molar-refractivity contribution >= 4 is 11.8 Å². The quantitative estimate of drug-likeness (QED) is 0.450. The molecule has 6 heteroatoms. The summed E-state index contributed by atoms with van der Waals surface area (Å²) >= 11 is 0. The summed E-state index contributed by atoms with van der Waals surface area (Å²) in [6.45, 7) is 4.42. The molecule has 178 valence electrons. The molecule has 0 aliphatic rings. The van der Waals surface area contributed by atoms with Gasteiger partial charge in [-0.2, -0.15) is 0 Å². The Morgan fingerprint density at radius 3 is 2.26 bits per heavy atom. The molecule has 0 aliphatic heterocycles. The van der Waals surface area contributed by atoms with Crippen molar-refractivity contribution in [2.24, 2.45) is 0 Å². The molecule has 0 fully saturated rings. The van der Waals surface area contributed by atoms with E-state index < -0.39 is 6.04 Å². The summed E-state index contributed by atoms with van der Waals surface area (Å²) in [7, 11) is 0. The van der Waals surface area contributed by atoms with Gasteiger partial charge in [0.05, 0.1) is 0 Å². The molecule has 0 bridgehead atoms. The minimum Gasteiger partial charge on any atom is -0.484 e. The van der Waals surface area contributed by atoms with Crippen molar-refractivity contribution in [3.05, 3.63) is 101 Å². The number of nitrogens with one attached hydrogen (secondary N) is 1. The molecule has 5 nitrogen and oxygen atoms in total. The molecule has 1 atom stereocenters. The fraction of sp³-hybridized carbons (Fsp3) is 0.286. The Bertz CT molecular complexity index is 1050. The van der Waals surface area contributed by atoms with Crippen molar-refractivity contribution in [3.63, 3.8) is 0 Å². The number of nitrogens with zero attached hydrogens (tertiary/aromatic N) is 1. The first-order chi connectivity index (χ1) is 16.5. The summed E-state index contributed by atoms with van der Waals surface area (Å²) in [4.78, 5) is 28.1. The molecule has 0 radical (unpaired) electrons. The van der Waals surface area contributed by atoms with Crippen LogP contribution in [0.25, 0.3) is 0 Å². The summed E-state index contributed by atoms with van der Waals surface area (Å²) in [6.07, 6.45) is 1.14. The lowest BCUT2D eigenvalue weighted by atomic mass is 10.0. The normalized spacial score (nSPS) is 11.5. The van der Waals surface area contributed by atoms with Gasteiger partial charge in [-0.3, -0.25) is 9.59 Å². The Balaban J connectivity index is 1.87. The van der Waals surface area contributed by atoms with Crippen molar-refractivity contribution in [2.45, 2.75) is 39.3 Å². The summed E-state index contributed by atoms with van der Waals surface area (Å²) < 4.78 is 19.2. The van der Waals surface area contributed by atoms with Gasteiger partial charge in [0.15, 0.2) is 6.61 Å². The molecule has 0 spiro atoms. The fourth-order valence-electron chi connectivity index (χ4n) is 3.57. The van der Waals surface area contributed by atoms with E-state index in [1.54, 1.807) is 12.1 Å². The van der Waals surface area contributed by atoms with Crippen molar-refractivity contribution in [1.29, 1.82) is 0 Å². The number of halogens is 1. The molecule has 1 N–H and O–H groups in total. The fourth-order valence-corrected chi connectivity index (χ4v) is 3.57. The number of amides is 2. The van der Waals surface area contributed by atoms with Gasteiger partial charge in [0.2, 0.25) is 5.91 Å². The highest BCUT2D eigenvalue weighted by molar-refractivity contribution is 5.88. The van der Waals surface area contributed by atoms with E-state index in [4.69, 9.17) is 4.74 Å². The van der Waals surface area contributed by atoms with E-state index in [1.165, 1.54) is 17.0 Å². The molecule has 0 aliphatic carbocycles. The minimum absolute atomic E-state index is 0.160. The van der Waals surface area contributed by atoms with Crippen molar-refractivity contribution in [3.8, 4) is 5.75 Å². The average molecular weight is 463 g/mol. The number of hydrogen-bond donors (Lipinski definition) is 1. The Morgan fingerprint density at radius 2 is 1.62 bits per heavy atom. The van der Waals surface area contributed by atoms with Crippen LogP contribution >= 0.6 is 0 Å². The second-order valence-corrected chi connectivity index (χ2v) is 8.25. The Hall–Kier alpha value is -3.67. The molecule has 0 heterocycles. The Labute approximate surface area is 200 Å². The number of rotatable bonds is 11. The van der Waals surface area contributed by atoms with Crippen molar-refractivity contribution in [1.82, 2.24) is 10.2 Å². The summed E-state index contributed by atoms with van der Waals surface area (Å²) in [6, 6.07) is 22.2. The van der Waals surface area contributed by atoms with Crippen molar-refractivity contribution in [2.75, 3.05) is 13.2 Å². The zero-order valence-electron chi connectivity index (χ0n) is 19.7. The van der Waals surface area contributed by atoms with Gasteiger partial charge in [0, 0.05) is 19.5 Å². The number of carbonyl (C=O) groups excluding carboxylic acids is 2. The molecule has 34 heavy (non-hydrogen) atoms. The first-order valence-electron chi connectivity index (χ1n) is 11.5. The van der Waals surface area contributed by atoms with Gasteiger partial charge < -0.3 is 15.0 Å². The van der Waals surface area contributed by atoms with Crippen LogP contribution in [0.4, 0.5) is 4.39 Å². The van der Waals surface area contributed by atoms with E-state index >= 15 is 0 Å². The molecular formula is C28H31FN2O3. The van der Waals surface area contributed by atoms with Crippen LogP contribution in [-0.4, -0.2) is 35.9 Å². The predicted octanol–water partition coefficient (Wildman–Crippen LogP) is 4.68. The molecule has 0 aromatic heterocycles. The third kappa shape index (κ3) is 7.44. The zero-order chi connectivity index (χ0) is 24.3. The van der Waals surface area contributed by atoms with E-state index in [2.05, 4.69) is 5.32 Å². The number of carbonyl (C=O) groups is 2. The number of benzene rings is 3. The lowest BCUT2D eigenvalue weighted by molar-refractivity contribution is -0.142. The first kappa shape index (κ1) is 25.0. The maximum Gasteiger partial charge on any atom is 0.261 e. The van der Waals surface area contributed by atoms with Crippen LogP contribution in [0.15, 0.2) is 78.9 Å². The van der Waals surface area contributed by atoms with E-state index in [0.717, 1.165) is 23.1 Å². The average Bonchev–Trinajstić information content (AvgIpc) is 2.86. The molecule has 3 aromatic carbocycles. The predicted molar refractivity (Wildman–Crippen MR) is 131 cm³/mol. The van der Waals surface area contributed by atoms with Gasteiger partial charge >= 0.3 is 0 Å². The highest BCUT2D eigenvalue weighted by atomic mass is 19.1. The SMILES string of the molecule is CCCNC(=O)[C@@H](Cc1ccccc1)N(Cc1ccc(F)cc1)C(=O)COc1ccc(C)cc1. The van der Waals surface area contributed by atoms with Gasteiger partial charge in [-0.05, 0) is 48.7 Å². The van der Waals surface area contributed by atoms with Crippen LogP contribution in [0.3, 0.4) is 0 Å². The second kappa shape index (κ2) is 12.5. The summed E-state index contributed by atoms with van der Waals surface area (Å²) in [5.41, 5.74) is 2.76. The molecule has 0 unspecified atom stereocenters. The molecule has 3 aromatic rings. The number of hydrogen-bond acceptors (Lipinski definition) is 3. The van der Waals surface area contributed by atoms with Crippen LogP contribution in [0.5, 0.6) is 5.75 Å². The third-order valence-electron chi connectivity index (χ3n) is 5.47. The lowest BCUT2D eigenvalue weighted by Crippen LogP contribution is -2.51. The van der Waals surface area contributed by atoms with E-state index in [9.17, 15) is 14.0 Å². The molecular weight excluding hydrogens is 431 g/mol. The van der Waals surface area contributed by atoms with Gasteiger partial charge in [-0.15, -0.1) is 0 Å². The van der Waals surface area contributed by atoms with Crippen LogP contribution in [0.2, 0.25) is 0 Å². The Morgan fingerprint density at radius 1 is 0.941 bits per heavy atom. The zero-order valence-corrected chi connectivity index (χ0v) is 19.7. The third-order valence-corrected chi connectivity index (χ3v) is 5.47. The maximum atomic E-state index is 13.5. The largest absolute Gasteiger partial charge is 0.484 e. The summed E-state index contributed by atoms with van der Waals surface area (Å²) in [5.74, 6) is -0.324. The highest BCUT2D eigenvalue weighted by Gasteiger charge is 2.30. The van der Waals surface area contributed by atoms with Crippen LogP contribution < -0.4 is 10.1 Å². The standard InChI is InChI=1S/C28H31FN2O3/c1-3-17-30-28(33)26(18-22-7-5-4-6-8-22)31(19-23-11-13-24(29)14-12-23)27(32)20-34-25-15-9-21(2)10-16-25/h4-16,26H,3,17-20H2,1-2H3,(H,30,33)/t26-/m1/s1. The number of ether oxygens (including phenoxy) is 1. The smallest absolute Gasteiger partial charge is 0.261 e. The molecule has 0 saturated carbocycles. The topological polar surface area (TPSA) is 58.6 Å². The Kier molecular flexibility index (Phi) is 9.21. The number of aryl methyl sites for hydroxylation is 1. The lowest BCUT2D eigenvalue weighted by Gasteiger charge is -2.31. The van der Waals surface area contributed by atoms with E-state index in [-0.39, 0.29) is 30.8 Å². The highest BCUT2D eigenvalue weighted by Crippen LogP contribution is 2.17. The van der Waals surface area contributed by atoms with Crippen LogP contribution in [0, 0.1) is 12.7 Å². The summed E-state index contributed by atoms with van der Waals surface area (Å²) in [5, 5.41) is 2.93. The van der Waals surface area contributed by atoms with Gasteiger partial charge in [-0.25, -0.2) is 4.39 Å². The van der Waals surface area contributed by atoms with Gasteiger partial charge in [-0.1, -0.05) is 67.1 Å².